The lowest BCUT2D eigenvalue weighted by molar-refractivity contribution is -0.135. The first-order valence-electron chi connectivity index (χ1n) is 10.7. The maximum atomic E-state index is 13.2. The molecule has 1 atom stereocenters. The Kier molecular flexibility index (Phi) is 6.35. The predicted molar refractivity (Wildman–Crippen MR) is 115 cm³/mol. The molecule has 0 aliphatic carbocycles. The molecule has 2 fully saturated rings. The molecule has 2 aromatic rings. The number of carbonyl (C=O) groups excluding carboxylic acids is 1. The summed E-state index contributed by atoms with van der Waals surface area (Å²) in [6, 6.07) is 14.8. The minimum absolute atomic E-state index is 0.137. The van der Waals surface area contributed by atoms with Gasteiger partial charge in [-0.1, -0.05) is 24.3 Å². The van der Waals surface area contributed by atoms with Gasteiger partial charge < -0.3 is 15.4 Å². The molecule has 160 valence electrons. The highest BCUT2D eigenvalue weighted by atomic mass is 19.1. The van der Waals surface area contributed by atoms with Gasteiger partial charge in [-0.15, -0.1) is 0 Å². The summed E-state index contributed by atoms with van der Waals surface area (Å²) in [5.74, 6) is 0.745. The van der Waals surface area contributed by atoms with Gasteiger partial charge in [0.2, 0.25) is 5.91 Å². The fourth-order valence-electron chi connectivity index (χ4n) is 4.47. The van der Waals surface area contributed by atoms with Crippen LogP contribution in [0.2, 0.25) is 0 Å². The first-order chi connectivity index (χ1) is 14.6. The number of piperidine rings is 1. The number of amides is 1. The van der Waals surface area contributed by atoms with Crippen molar-refractivity contribution < 1.29 is 13.9 Å². The lowest BCUT2D eigenvalue weighted by Crippen LogP contribution is -2.64. The van der Waals surface area contributed by atoms with Gasteiger partial charge >= 0.3 is 0 Å². The van der Waals surface area contributed by atoms with Crippen molar-refractivity contribution in [2.45, 2.75) is 31.8 Å². The van der Waals surface area contributed by atoms with Crippen molar-refractivity contribution in [3.8, 4) is 5.75 Å². The van der Waals surface area contributed by atoms with E-state index < -0.39 is 5.41 Å². The van der Waals surface area contributed by atoms with Crippen molar-refractivity contribution in [3.05, 3.63) is 65.5 Å². The van der Waals surface area contributed by atoms with Crippen molar-refractivity contribution in [1.82, 2.24) is 15.5 Å². The molecule has 2 saturated heterocycles. The highest BCUT2D eigenvalue weighted by Crippen LogP contribution is 2.30. The number of ether oxygens (including phenoxy) is 1. The van der Waals surface area contributed by atoms with E-state index in [0.29, 0.717) is 19.5 Å². The summed E-state index contributed by atoms with van der Waals surface area (Å²) in [7, 11) is 1.66. The molecule has 0 bridgehead atoms. The Bertz CT molecular complexity index is 867. The summed E-state index contributed by atoms with van der Waals surface area (Å²) in [5, 5.41) is 6.61. The van der Waals surface area contributed by atoms with Gasteiger partial charge in [-0.2, -0.15) is 0 Å². The van der Waals surface area contributed by atoms with Gasteiger partial charge in [-0.25, -0.2) is 4.39 Å². The third-order valence-corrected chi connectivity index (χ3v) is 6.25. The van der Waals surface area contributed by atoms with Gasteiger partial charge in [0.05, 0.1) is 12.5 Å². The number of likely N-dealkylation sites (tertiary alicyclic amines) is 1. The molecule has 5 nitrogen and oxygen atoms in total. The summed E-state index contributed by atoms with van der Waals surface area (Å²) in [6.45, 7) is 4.00. The molecular formula is C24H30FN3O2. The molecule has 1 unspecified atom stereocenters. The van der Waals surface area contributed by atoms with Gasteiger partial charge in [0, 0.05) is 32.2 Å². The third kappa shape index (κ3) is 4.82. The van der Waals surface area contributed by atoms with Crippen LogP contribution in [0.5, 0.6) is 5.75 Å². The van der Waals surface area contributed by atoms with E-state index in [1.165, 1.54) is 12.1 Å². The molecule has 30 heavy (non-hydrogen) atoms. The van der Waals surface area contributed by atoms with E-state index >= 15 is 0 Å². The molecule has 4 rings (SSSR count). The molecular weight excluding hydrogens is 381 g/mol. The Balaban J connectivity index is 1.36. The van der Waals surface area contributed by atoms with Gasteiger partial charge in [0.1, 0.15) is 11.6 Å². The number of nitrogens with one attached hydrogen (secondary N) is 2. The van der Waals surface area contributed by atoms with Gasteiger partial charge in [-0.05, 0) is 61.2 Å². The summed E-state index contributed by atoms with van der Waals surface area (Å²) < 4.78 is 18.5. The van der Waals surface area contributed by atoms with E-state index in [-0.39, 0.29) is 17.8 Å². The highest BCUT2D eigenvalue weighted by Gasteiger charge is 2.45. The number of carbonyl (C=O) groups is 1. The third-order valence-electron chi connectivity index (χ3n) is 6.25. The Hall–Kier alpha value is -2.44. The van der Waals surface area contributed by atoms with E-state index in [0.717, 1.165) is 49.4 Å². The summed E-state index contributed by atoms with van der Waals surface area (Å²) in [6.07, 6.45) is 2.75. The number of benzene rings is 2. The second kappa shape index (κ2) is 9.14. The van der Waals surface area contributed by atoms with Crippen LogP contribution in [0.1, 0.15) is 24.0 Å². The molecule has 0 radical (unpaired) electrons. The van der Waals surface area contributed by atoms with Crippen molar-refractivity contribution >= 4 is 5.91 Å². The first-order valence-corrected chi connectivity index (χ1v) is 10.7. The predicted octanol–water partition coefficient (Wildman–Crippen LogP) is 2.75. The van der Waals surface area contributed by atoms with Crippen LogP contribution in [-0.4, -0.2) is 50.1 Å². The Morgan fingerprint density at radius 2 is 2.03 bits per heavy atom. The maximum Gasteiger partial charge on any atom is 0.229 e. The molecule has 6 heteroatoms. The average Bonchev–Trinajstić information content (AvgIpc) is 2.73. The molecule has 2 aromatic carbocycles. The van der Waals surface area contributed by atoms with Crippen LogP contribution in [0.25, 0.3) is 0 Å². The summed E-state index contributed by atoms with van der Waals surface area (Å²) >= 11 is 0. The van der Waals surface area contributed by atoms with Crippen LogP contribution in [0.4, 0.5) is 4.39 Å². The number of hydrogen-bond donors (Lipinski definition) is 2. The van der Waals surface area contributed by atoms with Crippen molar-refractivity contribution in [2.75, 3.05) is 33.3 Å². The number of halogens is 1. The van der Waals surface area contributed by atoms with Crippen LogP contribution in [0.3, 0.4) is 0 Å². The second-order valence-corrected chi connectivity index (χ2v) is 8.59. The molecule has 0 aromatic heterocycles. The topological polar surface area (TPSA) is 53.6 Å². The lowest BCUT2D eigenvalue weighted by atomic mass is 9.75. The molecule has 2 aliphatic rings. The van der Waals surface area contributed by atoms with Gasteiger partial charge in [-0.3, -0.25) is 9.69 Å². The van der Waals surface area contributed by atoms with E-state index in [1.54, 1.807) is 7.11 Å². The van der Waals surface area contributed by atoms with E-state index in [9.17, 15) is 9.18 Å². The number of hydrogen-bond acceptors (Lipinski definition) is 4. The zero-order valence-corrected chi connectivity index (χ0v) is 17.5. The normalized spacial score (nSPS) is 20.9. The number of rotatable bonds is 7. The standard InChI is InChI=1S/C24H30FN3O2/c1-30-22-6-2-4-19(12-22)13-24(16-26-17-24)23(29)27-21-5-3-11-28(15-21)14-18-7-9-20(25)10-8-18/h2,4,6-10,12,21,26H,3,5,11,13-17H2,1H3,(H,27,29). The molecule has 2 heterocycles. The lowest BCUT2D eigenvalue weighted by Gasteiger charge is -2.43. The second-order valence-electron chi connectivity index (χ2n) is 8.59. The number of methoxy groups -OCH3 is 1. The minimum Gasteiger partial charge on any atom is -0.497 e. The van der Waals surface area contributed by atoms with Crippen LogP contribution >= 0.6 is 0 Å². The Labute approximate surface area is 177 Å². The van der Waals surface area contributed by atoms with Gasteiger partial charge in [0.15, 0.2) is 0 Å². The van der Waals surface area contributed by atoms with Crippen LogP contribution in [0.15, 0.2) is 48.5 Å². The highest BCUT2D eigenvalue weighted by molar-refractivity contribution is 5.85. The first kappa shape index (κ1) is 20.8. The average molecular weight is 412 g/mol. The molecule has 2 N–H and O–H groups in total. The SMILES string of the molecule is COc1cccc(CC2(C(=O)NC3CCCN(Cc4ccc(F)cc4)C3)CNC2)c1. The smallest absolute Gasteiger partial charge is 0.229 e. The van der Waals surface area contributed by atoms with Crippen molar-refractivity contribution in [2.24, 2.45) is 5.41 Å². The summed E-state index contributed by atoms with van der Waals surface area (Å²) in [5.41, 5.74) is 1.82. The quantitative estimate of drug-likeness (QED) is 0.736. The van der Waals surface area contributed by atoms with E-state index in [2.05, 4.69) is 21.6 Å². The minimum atomic E-state index is -0.397. The summed E-state index contributed by atoms with van der Waals surface area (Å²) in [4.78, 5) is 15.6. The van der Waals surface area contributed by atoms with Gasteiger partial charge in [0.25, 0.3) is 0 Å². The molecule has 0 spiro atoms. The zero-order valence-electron chi connectivity index (χ0n) is 17.5. The van der Waals surface area contributed by atoms with E-state index in [4.69, 9.17) is 4.74 Å². The monoisotopic (exact) mass is 411 g/mol. The molecule has 2 aliphatic heterocycles. The number of nitrogens with zero attached hydrogens (tertiary/aromatic N) is 1. The Morgan fingerprint density at radius 1 is 1.23 bits per heavy atom. The van der Waals surface area contributed by atoms with Crippen molar-refractivity contribution in [3.63, 3.8) is 0 Å². The Morgan fingerprint density at radius 3 is 2.73 bits per heavy atom. The van der Waals surface area contributed by atoms with Crippen LogP contribution < -0.4 is 15.4 Å². The molecule has 1 amide bonds. The van der Waals surface area contributed by atoms with E-state index in [1.807, 2.05) is 30.3 Å². The zero-order chi connectivity index (χ0) is 21.0. The fourth-order valence-corrected chi connectivity index (χ4v) is 4.47. The molecule has 0 saturated carbocycles. The fraction of sp³-hybridized carbons (Fsp3) is 0.458. The van der Waals surface area contributed by atoms with Crippen molar-refractivity contribution in [1.29, 1.82) is 0 Å². The van der Waals surface area contributed by atoms with Crippen LogP contribution in [0, 0.1) is 11.2 Å². The van der Waals surface area contributed by atoms with Crippen LogP contribution in [-0.2, 0) is 17.8 Å². The maximum absolute atomic E-state index is 13.2. The largest absolute Gasteiger partial charge is 0.497 e.